The lowest BCUT2D eigenvalue weighted by Crippen LogP contribution is -2.60. The van der Waals surface area contributed by atoms with Crippen molar-refractivity contribution < 1.29 is 77.6 Å². The van der Waals surface area contributed by atoms with Crippen molar-refractivity contribution in [2.75, 3.05) is 69.7 Å². The van der Waals surface area contributed by atoms with Crippen LogP contribution in [0.1, 0.15) is 83.1 Å². The first-order valence-corrected chi connectivity index (χ1v) is 31.7. The molecule has 506 valence electrons. The molecule has 20 N–H and O–H groups in total. The van der Waals surface area contributed by atoms with Gasteiger partial charge in [0.2, 0.25) is 70.9 Å². The fraction of sp³-hybridized carbons (Fsp3) is 0.636. The van der Waals surface area contributed by atoms with E-state index in [2.05, 4.69) is 90.7 Å². The largest absolute Gasteiger partial charge is 0.508 e. The number of carboxylic acids is 1. The lowest BCUT2D eigenvalue weighted by Gasteiger charge is -2.33. The number of thiol groups is 3. The predicted molar refractivity (Wildman–Crippen MR) is 338 cm³/mol. The smallest absolute Gasteiger partial charge is 0.326 e. The van der Waals surface area contributed by atoms with E-state index in [0.29, 0.717) is 44.2 Å². The van der Waals surface area contributed by atoms with Crippen LogP contribution in [0.2, 0.25) is 0 Å². The number of hydrogen-bond donors (Lipinski definition) is 19. The van der Waals surface area contributed by atoms with Crippen LogP contribution in [0, 0.1) is 0 Å². The third kappa shape index (κ3) is 23.5. The van der Waals surface area contributed by atoms with Gasteiger partial charge in [0.15, 0.2) is 5.96 Å². The van der Waals surface area contributed by atoms with Gasteiger partial charge in [-0.1, -0.05) is 12.1 Å². The number of benzene rings is 1. The Kier molecular flexibility index (Phi) is 31.9. The van der Waals surface area contributed by atoms with Crippen LogP contribution < -0.4 is 70.8 Å². The molecule has 1 aromatic carbocycles. The lowest BCUT2D eigenvalue weighted by molar-refractivity contribution is -0.148. The molecule has 0 aliphatic carbocycles. The Bertz CT molecular complexity index is 2770. The van der Waals surface area contributed by atoms with E-state index in [1.807, 2.05) is 0 Å². The zero-order valence-corrected chi connectivity index (χ0v) is 53.2. The Balaban J connectivity index is 1.39. The number of phenolic OH excluding ortho intramolecular Hbond substituents is 1. The number of aromatic hydroxyl groups is 1. The van der Waals surface area contributed by atoms with E-state index in [-0.39, 0.29) is 100 Å². The number of aliphatic hydroxyl groups excluding tert-OH is 1. The molecule has 0 aromatic heterocycles. The molecule has 91 heavy (non-hydrogen) atoms. The molecule has 0 bridgehead atoms. The number of carbonyl (C=O) groups is 13. The summed E-state index contributed by atoms with van der Waals surface area (Å²) in [5.74, 6) is -11.4. The van der Waals surface area contributed by atoms with Crippen LogP contribution in [0.4, 0.5) is 0 Å². The third-order valence-corrected chi connectivity index (χ3v) is 16.3. The Morgan fingerprint density at radius 3 is 1.68 bits per heavy atom. The number of hydrogen-bond acceptors (Lipinski definition) is 21. The molecule has 0 radical (unpaired) electrons. The molecular formula is C55H87N17O16S3. The Morgan fingerprint density at radius 1 is 0.582 bits per heavy atom. The normalized spacial score (nSPS) is 18.7. The standard InChI is InChI=1S/C55H87N17O16S3/c1-29(44(77)66-35(22-30-13-15-31(74)16-14-30)47(80)68-37(27-90)48(81)65-34(54(87)88)8-2-3-17-56)63-49(82)39-10-6-20-71(39)53(86)41-12-7-21-72(41)52(85)38(28-91)69-50(83)40-11-5-19-70(40)51(84)33(9-4-18-60-55(58)59)64-43(76)24-61-42(75)23-62-46(79)36(26-89)67-45(78)32(57)25-73/h13-16,29,32-41,73-74,89-91H,2-12,17-28,56-57H2,1H3,(H,61,75)(H,62,79)(H,63,82)(H,64,76)(H,65,81)(H,66,77)(H,67,78)(H,68,80)(H,69,83)(H,87,88)(H4,58,59,60)/t29-,32-,33-,34-,35-,36-,37-,38-,39-,40-,41-/m0/s1. The molecule has 4 rings (SSSR count). The number of phenols is 1. The molecule has 12 amide bonds. The summed E-state index contributed by atoms with van der Waals surface area (Å²) in [4.78, 5) is 182. The van der Waals surface area contributed by atoms with Gasteiger partial charge in [-0.2, -0.15) is 37.9 Å². The number of guanidine groups is 1. The maximum absolute atomic E-state index is 14.5. The molecule has 3 aliphatic heterocycles. The molecule has 0 saturated carbocycles. The Hall–Kier alpha value is -7.67. The molecule has 33 nitrogen and oxygen atoms in total. The summed E-state index contributed by atoms with van der Waals surface area (Å²) in [7, 11) is 0. The quantitative estimate of drug-likeness (QED) is 0.0128. The van der Waals surface area contributed by atoms with E-state index in [1.54, 1.807) is 0 Å². The second-order valence-corrected chi connectivity index (χ2v) is 23.1. The second kappa shape index (κ2) is 38.2. The van der Waals surface area contributed by atoms with Crippen molar-refractivity contribution >= 4 is 121 Å². The van der Waals surface area contributed by atoms with Gasteiger partial charge < -0.3 is 101 Å². The fourth-order valence-electron chi connectivity index (χ4n) is 10.3. The molecule has 0 spiro atoms. The monoisotopic (exact) mass is 1340 g/mol. The van der Waals surface area contributed by atoms with Crippen molar-refractivity contribution in [2.45, 2.75) is 150 Å². The van der Waals surface area contributed by atoms with Gasteiger partial charge in [0.1, 0.15) is 72.2 Å². The molecule has 1 aromatic rings. The summed E-state index contributed by atoms with van der Waals surface area (Å²) in [6, 6.07) is -7.91. The summed E-state index contributed by atoms with van der Waals surface area (Å²) in [6.07, 6.45) is 2.70. The van der Waals surface area contributed by atoms with E-state index in [9.17, 15) is 72.5 Å². The van der Waals surface area contributed by atoms with E-state index >= 15 is 0 Å². The summed E-state index contributed by atoms with van der Waals surface area (Å²) in [5.41, 5.74) is 22.4. The average Bonchev–Trinajstić information content (AvgIpc) is 1.81. The SMILES string of the molecule is C[C@H](NC(=O)[C@@H]1CCCN1C(=O)[C@@H]1CCCN1C(=O)[C@H](CS)NC(=O)[C@@H]1CCCN1C(=O)[C@H](CCCN=C(N)N)NC(=O)CNC(=O)CNC(=O)[C@H](CS)NC(=O)[C@@H](N)CO)C(=O)N[C@@H](Cc1ccc(O)cc1)C(=O)N[C@@H](CS)C(=O)N[C@@H](CCCCN)C(=O)O. The Labute approximate surface area is 542 Å². The minimum Gasteiger partial charge on any atom is -0.508 e. The number of carbonyl (C=O) groups excluding carboxylic acids is 12. The number of carboxylic acid groups (broad SMARTS) is 1. The number of nitrogens with two attached hydrogens (primary N) is 4. The highest BCUT2D eigenvalue weighted by Gasteiger charge is 2.45. The van der Waals surface area contributed by atoms with Crippen LogP contribution in [-0.4, -0.2) is 249 Å². The molecule has 36 heteroatoms. The van der Waals surface area contributed by atoms with Crippen molar-refractivity contribution in [2.24, 2.45) is 27.9 Å². The van der Waals surface area contributed by atoms with Gasteiger partial charge in [-0.05, 0) is 102 Å². The zero-order valence-electron chi connectivity index (χ0n) is 50.5. The molecule has 0 unspecified atom stereocenters. The van der Waals surface area contributed by atoms with Crippen molar-refractivity contribution in [3.05, 3.63) is 29.8 Å². The van der Waals surface area contributed by atoms with Crippen LogP contribution >= 0.6 is 37.9 Å². The third-order valence-electron chi connectivity index (χ3n) is 15.2. The van der Waals surface area contributed by atoms with Gasteiger partial charge in [-0.3, -0.25) is 62.5 Å². The van der Waals surface area contributed by atoms with Crippen LogP contribution in [0.15, 0.2) is 29.3 Å². The maximum atomic E-state index is 14.5. The van der Waals surface area contributed by atoms with E-state index in [4.69, 9.17) is 28.0 Å². The highest BCUT2D eigenvalue weighted by atomic mass is 32.1. The van der Waals surface area contributed by atoms with Crippen LogP contribution in [-0.2, 0) is 68.7 Å². The van der Waals surface area contributed by atoms with Crippen molar-refractivity contribution in [1.82, 2.24) is 62.6 Å². The van der Waals surface area contributed by atoms with E-state index < -0.39 is 163 Å². The lowest BCUT2D eigenvalue weighted by atomic mass is 10.0. The van der Waals surface area contributed by atoms with Crippen LogP contribution in [0.5, 0.6) is 5.75 Å². The number of likely N-dealkylation sites (tertiary alicyclic amines) is 3. The van der Waals surface area contributed by atoms with Gasteiger partial charge >= 0.3 is 5.97 Å². The number of nitrogens with one attached hydrogen (secondary N) is 9. The first-order chi connectivity index (χ1) is 43.3. The average molecular weight is 1340 g/mol. The van der Waals surface area contributed by atoms with Crippen molar-refractivity contribution in [3.8, 4) is 5.75 Å². The first-order valence-electron chi connectivity index (χ1n) is 29.8. The van der Waals surface area contributed by atoms with Gasteiger partial charge in [0.25, 0.3) is 0 Å². The zero-order chi connectivity index (χ0) is 67.5. The predicted octanol–water partition coefficient (Wildman–Crippen LogP) is -7.07. The molecule has 3 heterocycles. The number of aliphatic hydroxyl groups is 1. The summed E-state index contributed by atoms with van der Waals surface area (Å²) in [5, 5.41) is 51.0. The Morgan fingerprint density at radius 2 is 1.09 bits per heavy atom. The fourth-order valence-corrected chi connectivity index (χ4v) is 11.0. The number of aliphatic carboxylic acids is 1. The number of unbranched alkanes of at least 4 members (excludes halogenated alkanes) is 1. The minimum absolute atomic E-state index is 0.0220. The minimum atomic E-state index is -1.38. The number of nitrogens with zero attached hydrogens (tertiary/aromatic N) is 4. The highest BCUT2D eigenvalue weighted by molar-refractivity contribution is 7.80. The second-order valence-electron chi connectivity index (χ2n) is 22.0. The summed E-state index contributed by atoms with van der Waals surface area (Å²) in [6.45, 7) is 0.0853. The van der Waals surface area contributed by atoms with E-state index in [1.165, 1.54) is 45.9 Å². The number of amides is 12. The van der Waals surface area contributed by atoms with Crippen LogP contribution in [0.25, 0.3) is 0 Å². The topological polar surface area (TPSA) is 517 Å². The summed E-state index contributed by atoms with van der Waals surface area (Å²) < 4.78 is 0. The molecule has 11 atom stereocenters. The van der Waals surface area contributed by atoms with E-state index in [0.717, 1.165) is 0 Å². The summed E-state index contributed by atoms with van der Waals surface area (Å²) >= 11 is 12.6. The van der Waals surface area contributed by atoms with Gasteiger partial charge in [-0.15, -0.1) is 0 Å². The highest BCUT2D eigenvalue weighted by Crippen LogP contribution is 2.27. The van der Waals surface area contributed by atoms with Crippen molar-refractivity contribution in [3.63, 3.8) is 0 Å². The van der Waals surface area contributed by atoms with Crippen LogP contribution in [0.3, 0.4) is 0 Å². The molecular weight excluding hydrogens is 1250 g/mol. The van der Waals surface area contributed by atoms with Crippen molar-refractivity contribution in [1.29, 1.82) is 0 Å². The number of aliphatic imine (C=N–C) groups is 1. The van der Waals surface area contributed by atoms with Gasteiger partial charge in [0.05, 0.1) is 19.7 Å². The van der Waals surface area contributed by atoms with Gasteiger partial charge in [-0.25, -0.2) is 4.79 Å². The molecule has 3 saturated heterocycles. The molecule has 3 aliphatic rings. The number of rotatable bonds is 36. The first kappa shape index (κ1) is 75.8. The molecule has 3 fully saturated rings. The van der Waals surface area contributed by atoms with Gasteiger partial charge in [0, 0.05) is 49.9 Å². The maximum Gasteiger partial charge on any atom is 0.326 e.